The summed E-state index contributed by atoms with van der Waals surface area (Å²) in [6.45, 7) is 3.41. The Morgan fingerprint density at radius 2 is 1.74 bits per heavy atom. The minimum atomic E-state index is -0.835. The molecule has 3 atom stereocenters. The molecule has 0 bridgehead atoms. The van der Waals surface area contributed by atoms with Gasteiger partial charge in [0.15, 0.2) is 0 Å². The van der Waals surface area contributed by atoms with Crippen LogP contribution in [0.1, 0.15) is 49.7 Å². The summed E-state index contributed by atoms with van der Waals surface area (Å²) in [7, 11) is 0. The molecule has 5 rings (SSSR count). The third-order valence-electron chi connectivity index (χ3n) is 8.11. The molecule has 0 aromatic heterocycles. The summed E-state index contributed by atoms with van der Waals surface area (Å²) >= 11 is 0. The molecule has 2 aromatic rings. The first-order valence-electron chi connectivity index (χ1n) is 12.5. The highest BCUT2D eigenvalue weighted by Crippen LogP contribution is 2.45. The van der Waals surface area contributed by atoms with E-state index in [0.717, 1.165) is 0 Å². The van der Waals surface area contributed by atoms with Crippen molar-refractivity contribution in [3.63, 3.8) is 0 Å². The smallest absolute Gasteiger partial charge is 0.407 e. The van der Waals surface area contributed by atoms with Crippen LogP contribution in [0.2, 0.25) is 0 Å². The van der Waals surface area contributed by atoms with Crippen molar-refractivity contribution in [2.24, 2.45) is 17.3 Å². The van der Waals surface area contributed by atoms with Gasteiger partial charge >= 0.3 is 12.1 Å². The van der Waals surface area contributed by atoms with Gasteiger partial charge in [-0.05, 0) is 53.9 Å². The first-order chi connectivity index (χ1) is 16.9. The SMILES string of the molecule is CCC1(C(=O)O)CCCN(C(=O)C2CC2CNC(=O)OCC2c3ccccc3-c3ccccc32)C1. The lowest BCUT2D eigenvalue weighted by atomic mass is 9.77. The molecule has 2 fully saturated rings. The van der Waals surface area contributed by atoms with Crippen LogP contribution in [0.4, 0.5) is 4.79 Å². The second kappa shape index (κ2) is 9.36. The molecule has 2 aliphatic carbocycles. The maximum Gasteiger partial charge on any atom is 0.407 e. The Morgan fingerprint density at radius 3 is 2.37 bits per heavy atom. The highest BCUT2D eigenvalue weighted by atomic mass is 16.5. The van der Waals surface area contributed by atoms with Gasteiger partial charge in [0.2, 0.25) is 5.91 Å². The lowest BCUT2D eigenvalue weighted by molar-refractivity contribution is -0.155. The molecule has 1 saturated carbocycles. The van der Waals surface area contributed by atoms with Crippen LogP contribution in [-0.4, -0.2) is 54.2 Å². The highest BCUT2D eigenvalue weighted by molar-refractivity contribution is 5.84. The van der Waals surface area contributed by atoms with Gasteiger partial charge in [0, 0.05) is 31.5 Å². The van der Waals surface area contributed by atoms with E-state index in [0.29, 0.717) is 38.8 Å². The quantitative estimate of drug-likeness (QED) is 0.622. The second-order valence-electron chi connectivity index (χ2n) is 10.1. The van der Waals surface area contributed by atoms with Crippen LogP contribution in [0, 0.1) is 17.3 Å². The van der Waals surface area contributed by atoms with E-state index in [1.54, 1.807) is 4.90 Å². The topological polar surface area (TPSA) is 95.9 Å². The Hall–Kier alpha value is -3.35. The number of ether oxygens (including phenoxy) is 1. The van der Waals surface area contributed by atoms with Crippen molar-refractivity contribution in [3.8, 4) is 11.1 Å². The molecule has 1 aliphatic heterocycles. The summed E-state index contributed by atoms with van der Waals surface area (Å²) in [6.07, 6.45) is 2.08. The Labute approximate surface area is 205 Å². The normalized spacial score (nSPS) is 24.9. The van der Waals surface area contributed by atoms with E-state index in [4.69, 9.17) is 4.74 Å². The number of piperidine rings is 1. The zero-order valence-electron chi connectivity index (χ0n) is 20.0. The summed E-state index contributed by atoms with van der Waals surface area (Å²) in [4.78, 5) is 38.9. The first-order valence-corrected chi connectivity index (χ1v) is 12.5. The van der Waals surface area contributed by atoms with Gasteiger partial charge in [-0.2, -0.15) is 0 Å². The second-order valence-corrected chi connectivity index (χ2v) is 10.1. The van der Waals surface area contributed by atoms with Crippen LogP contribution in [-0.2, 0) is 14.3 Å². The van der Waals surface area contributed by atoms with Crippen LogP contribution in [0.15, 0.2) is 48.5 Å². The minimum Gasteiger partial charge on any atom is -0.481 e. The van der Waals surface area contributed by atoms with E-state index >= 15 is 0 Å². The van der Waals surface area contributed by atoms with Gasteiger partial charge < -0.3 is 20.1 Å². The number of carboxylic acids is 1. The van der Waals surface area contributed by atoms with E-state index < -0.39 is 17.5 Å². The molecular weight excluding hydrogens is 444 g/mol. The molecule has 3 aliphatic rings. The molecule has 0 radical (unpaired) electrons. The lowest BCUT2D eigenvalue weighted by Gasteiger charge is -2.39. The van der Waals surface area contributed by atoms with Gasteiger partial charge in [-0.25, -0.2) is 4.79 Å². The highest BCUT2D eigenvalue weighted by Gasteiger charge is 2.48. The predicted octanol–water partition coefficient (Wildman–Crippen LogP) is 4.26. The lowest BCUT2D eigenvalue weighted by Crippen LogP contribution is -2.50. The van der Waals surface area contributed by atoms with Crippen molar-refractivity contribution in [3.05, 3.63) is 59.7 Å². The van der Waals surface area contributed by atoms with Crippen molar-refractivity contribution in [2.75, 3.05) is 26.2 Å². The van der Waals surface area contributed by atoms with Gasteiger partial charge in [-0.3, -0.25) is 9.59 Å². The Balaban J connectivity index is 1.11. The van der Waals surface area contributed by atoms with E-state index in [2.05, 4.69) is 29.6 Å². The van der Waals surface area contributed by atoms with Crippen molar-refractivity contribution in [1.82, 2.24) is 10.2 Å². The van der Waals surface area contributed by atoms with Gasteiger partial charge in [-0.15, -0.1) is 0 Å². The number of hydrogen-bond donors (Lipinski definition) is 2. The fraction of sp³-hybridized carbons (Fsp3) is 0.464. The third-order valence-corrected chi connectivity index (χ3v) is 8.11. The molecule has 2 N–H and O–H groups in total. The maximum atomic E-state index is 13.0. The molecule has 1 heterocycles. The summed E-state index contributed by atoms with van der Waals surface area (Å²) in [5, 5.41) is 12.5. The third kappa shape index (κ3) is 4.40. The van der Waals surface area contributed by atoms with Crippen LogP contribution in [0.3, 0.4) is 0 Å². The molecule has 1 saturated heterocycles. The maximum absolute atomic E-state index is 13.0. The number of benzene rings is 2. The van der Waals surface area contributed by atoms with Crippen molar-refractivity contribution < 1.29 is 24.2 Å². The summed E-state index contributed by atoms with van der Waals surface area (Å²) in [5.74, 6) is -0.864. The number of hydrogen-bond acceptors (Lipinski definition) is 4. The molecule has 2 amide bonds. The fourth-order valence-corrected chi connectivity index (χ4v) is 5.81. The van der Waals surface area contributed by atoms with Crippen LogP contribution >= 0.6 is 0 Å². The molecule has 35 heavy (non-hydrogen) atoms. The number of carboxylic acid groups (broad SMARTS) is 1. The minimum absolute atomic E-state index is 0.00979. The number of fused-ring (bicyclic) bond motifs is 3. The van der Waals surface area contributed by atoms with Crippen molar-refractivity contribution >= 4 is 18.0 Å². The molecular formula is C28H32N2O5. The predicted molar refractivity (Wildman–Crippen MR) is 131 cm³/mol. The standard InChI is InChI=1S/C28H32N2O5/c1-2-28(26(32)33)12-7-13-30(17-28)25(31)23-14-18(23)15-29-27(34)35-16-24-21-10-5-3-8-19(21)20-9-4-6-11-22(20)24/h3-6,8-11,18,23-24H,2,7,12-17H2,1H3,(H,29,34)(H,32,33). The van der Waals surface area contributed by atoms with Gasteiger partial charge in [0.25, 0.3) is 0 Å². The Morgan fingerprint density at radius 1 is 1.09 bits per heavy atom. The summed E-state index contributed by atoms with van der Waals surface area (Å²) < 4.78 is 5.59. The molecule has 7 nitrogen and oxygen atoms in total. The Kier molecular flexibility index (Phi) is 6.26. The van der Waals surface area contributed by atoms with E-state index in [1.165, 1.54) is 22.3 Å². The van der Waals surface area contributed by atoms with Gasteiger partial charge in [0.1, 0.15) is 6.61 Å². The fourth-order valence-electron chi connectivity index (χ4n) is 5.81. The van der Waals surface area contributed by atoms with Crippen molar-refractivity contribution in [1.29, 1.82) is 0 Å². The zero-order valence-corrected chi connectivity index (χ0v) is 20.0. The number of carbonyl (C=O) groups is 3. The first kappa shape index (κ1) is 23.4. The van der Waals surface area contributed by atoms with E-state index in [-0.39, 0.29) is 36.8 Å². The summed E-state index contributed by atoms with van der Waals surface area (Å²) in [6, 6.07) is 16.4. The number of rotatable bonds is 7. The van der Waals surface area contributed by atoms with E-state index in [9.17, 15) is 19.5 Å². The number of alkyl carbamates (subject to hydrolysis) is 1. The molecule has 7 heteroatoms. The average Bonchev–Trinajstić information content (AvgIpc) is 3.60. The average molecular weight is 477 g/mol. The van der Waals surface area contributed by atoms with Gasteiger partial charge in [-0.1, -0.05) is 55.5 Å². The van der Waals surface area contributed by atoms with E-state index in [1.807, 2.05) is 31.2 Å². The van der Waals surface area contributed by atoms with Gasteiger partial charge in [0.05, 0.1) is 5.41 Å². The van der Waals surface area contributed by atoms with Crippen LogP contribution < -0.4 is 5.32 Å². The monoisotopic (exact) mass is 476 g/mol. The number of carbonyl (C=O) groups excluding carboxylic acids is 2. The number of amides is 2. The largest absolute Gasteiger partial charge is 0.481 e. The molecule has 184 valence electrons. The molecule has 2 aromatic carbocycles. The summed E-state index contributed by atoms with van der Waals surface area (Å²) in [5.41, 5.74) is 3.87. The zero-order chi connectivity index (χ0) is 24.6. The Bertz CT molecular complexity index is 1100. The van der Waals surface area contributed by atoms with Crippen LogP contribution in [0.5, 0.6) is 0 Å². The number of nitrogens with one attached hydrogen (secondary N) is 1. The number of aliphatic carboxylic acids is 1. The van der Waals surface area contributed by atoms with Crippen LogP contribution in [0.25, 0.3) is 11.1 Å². The van der Waals surface area contributed by atoms with Crippen molar-refractivity contribution in [2.45, 2.75) is 38.5 Å². The number of nitrogens with zero attached hydrogens (tertiary/aromatic N) is 1. The number of likely N-dealkylation sites (tertiary alicyclic amines) is 1. The molecule has 0 spiro atoms. The molecule has 3 unspecified atom stereocenters.